The smallest absolute Gasteiger partial charge is 0.279 e. The first-order chi connectivity index (χ1) is 6.88. The van der Waals surface area contributed by atoms with E-state index in [0.717, 1.165) is 12.8 Å². The SMILES string of the molecule is CC(C)N(C)S(=O)(=O)NC(CN)C1CC1. The van der Waals surface area contributed by atoms with Gasteiger partial charge in [-0.25, -0.2) is 0 Å². The zero-order valence-electron chi connectivity index (χ0n) is 9.60. The Hall–Kier alpha value is -0.170. The quantitative estimate of drug-likeness (QED) is 0.675. The predicted molar refractivity (Wildman–Crippen MR) is 60.5 cm³/mol. The fraction of sp³-hybridized carbons (Fsp3) is 1.00. The molecule has 1 atom stereocenters. The third kappa shape index (κ3) is 3.41. The van der Waals surface area contributed by atoms with E-state index in [1.165, 1.54) is 4.31 Å². The molecule has 1 aliphatic rings. The summed E-state index contributed by atoms with van der Waals surface area (Å²) < 4.78 is 27.7. The van der Waals surface area contributed by atoms with Crippen molar-refractivity contribution in [1.29, 1.82) is 0 Å². The zero-order valence-corrected chi connectivity index (χ0v) is 10.4. The van der Waals surface area contributed by atoms with E-state index in [4.69, 9.17) is 5.73 Å². The largest absolute Gasteiger partial charge is 0.329 e. The maximum Gasteiger partial charge on any atom is 0.279 e. The minimum Gasteiger partial charge on any atom is -0.329 e. The lowest BCUT2D eigenvalue weighted by atomic mass is 10.2. The second-order valence-electron chi connectivity index (χ2n) is 4.41. The lowest BCUT2D eigenvalue weighted by Crippen LogP contribution is -2.49. The van der Waals surface area contributed by atoms with Gasteiger partial charge in [0.2, 0.25) is 0 Å². The molecule has 0 aromatic heterocycles. The lowest BCUT2D eigenvalue weighted by molar-refractivity contribution is 0.391. The number of hydrogen-bond acceptors (Lipinski definition) is 3. The van der Waals surface area contributed by atoms with Gasteiger partial charge in [0.05, 0.1) is 0 Å². The third-order valence-corrected chi connectivity index (χ3v) is 4.63. The van der Waals surface area contributed by atoms with Gasteiger partial charge in [-0.3, -0.25) is 0 Å². The Bertz CT molecular complexity index is 298. The molecule has 90 valence electrons. The molecular formula is C9H21N3O2S. The van der Waals surface area contributed by atoms with Crippen molar-refractivity contribution < 1.29 is 8.42 Å². The van der Waals surface area contributed by atoms with E-state index in [1.807, 2.05) is 13.8 Å². The second kappa shape index (κ2) is 4.78. The first-order valence-corrected chi connectivity index (χ1v) is 6.78. The van der Waals surface area contributed by atoms with Gasteiger partial charge in [0, 0.05) is 25.7 Å². The van der Waals surface area contributed by atoms with Gasteiger partial charge in [-0.05, 0) is 32.6 Å². The van der Waals surface area contributed by atoms with Gasteiger partial charge >= 0.3 is 0 Å². The first-order valence-electron chi connectivity index (χ1n) is 5.34. The Labute approximate surface area is 92.2 Å². The minimum atomic E-state index is -3.37. The summed E-state index contributed by atoms with van der Waals surface area (Å²) >= 11 is 0. The number of nitrogens with two attached hydrogens (primary N) is 1. The van der Waals surface area contributed by atoms with E-state index in [0.29, 0.717) is 12.5 Å². The van der Waals surface area contributed by atoms with Crippen LogP contribution in [0.25, 0.3) is 0 Å². The highest BCUT2D eigenvalue weighted by Crippen LogP contribution is 2.32. The summed E-state index contributed by atoms with van der Waals surface area (Å²) in [6.45, 7) is 4.05. The summed E-state index contributed by atoms with van der Waals surface area (Å²) in [6.07, 6.45) is 2.16. The molecule has 0 aromatic carbocycles. The summed E-state index contributed by atoms with van der Waals surface area (Å²) in [7, 11) is -1.80. The molecule has 0 aliphatic heterocycles. The van der Waals surface area contributed by atoms with E-state index in [1.54, 1.807) is 7.05 Å². The molecule has 0 bridgehead atoms. The van der Waals surface area contributed by atoms with Crippen LogP contribution in [0.5, 0.6) is 0 Å². The van der Waals surface area contributed by atoms with Crippen LogP contribution in [-0.2, 0) is 10.2 Å². The molecule has 0 spiro atoms. The summed E-state index contributed by atoms with van der Waals surface area (Å²) in [4.78, 5) is 0. The molecule has 6 heteroatoms. The van der Waals surface area contributed by atoms with Crippen LogP contribution in [0, 0.1) is 5.92 Å². The summed E-state index contributed by atoms with van der Waals surface area (Å²) in [5.41, 5.74) is 5.55. The molecule has 1 saturated carbocycles. The summed E-state index contributed by atoms with van der Waals surface area (Å²) in [5, 5.41) is 0. The van der Waals surface area contributed by atoms with E-state index in [9.17, 15) is 8.42 Å². The topological polar surface area (TPSA) is 75.4 Å². The van der Waals surface area contributed by atoms with Gasteiger partial charge < -0.3 is 5.73 Å². The molecule has 15 heavy (non-hydrogen) atoms. The number of nitrogens with zero attached hydrogens (tertiary/aromatic N) is 1. The fourth-order valence-corrected chi connectivity index (χ4v) is 2.78. The highest BCUT2D eigenvalue weighted by molar-refractivity contribution is 7.87. The fourth-order valence-electron chi connectivity index (χ4n) is 1.39. The van der Waals surface area contributed by atoms with Crippen molar-refractivity contribution in [2.24, 2.45) is 11.7 Å². The normalized spacial score (nSPS) is 19.9. The van der Waals surface area contributed by atoms with Gasteiger partial charge in [0.25, 0.3) is 10.2 Å². The van der Waals surface area contributed by atoms with Crippen LogP contribution < -0.4 is 10.5 Å². The van der Waals surface area contributed by atoms with Crippen LogP contribution in [0.3, 0.4) is 0 Å². The first kappa shape index (κ1) is 12.9. The maximum atomic E-state index is 11.8. The molecule has 1 unspecified atom stereocenters. The van der Waals surface area contributed by atoms with Crippen molar-refractivity contribution >= 4 is 10.2 Å². The zero-order chi connectivity index (χ0) is 11.6. The van der Waals surface area contributed by atoms with Gasteiger partial charge in [0.1, 0.15) is 0 Å². The Morgan fingerprint density at radius 1 is 1.47 bits per heavy atom. The monoisotopic (exact) mass is 235 g/mol. The van der Waals surface area contributed by atoms with Crippen LogP contribution in [0.4, 0.5) is 0 Å². The van der Waals surface area contributed by atoms with Crippen LogP contribution in [0.2, 0.25) is 0 Å². The van der Waals surface area contributed by atoms with Gasteiger partial charge in [0.15, 0.2) is 0 Å². The summed E-state index contributed by atoms with van der Waals surface area (Å²) in [6, 6.07) is -0.142. The Kier molecular flexibility index (Phi) is 4.11. The highest BCUT2D eigenvalue weighted by atomic mass is 32.2. The molecule has 1 fully saturated rings. The van der Waals surface area contributed by atoms with Crippen LogP contribution >= 0.6 is 0 Å². The van der Waals surface area contributed by atoms with Crippen LogP contribution in [-0.4, -0.2) is 38.4 Å². The van der Waals surface area contributed by atoms with Crippen LogP contribution in [0.15, 0.2) is 0 Å². The Balaban J connectivity index is 2.61. The lowest BCUT2D eigenvalue weighted by Gasteiger charge is -2.24. The van der Waals surface area contributed by atoms with Crippen molar-refractivity contribution in [2.45, 2.75) is 38.8 Å². The van der Waals surface area contributed by atoms with Gasteiger partial charge in [-0.15, -0.1) is 0 Å². The van der Waals surface area contributed by atoms with E-state index in [-0.39, 0.29) is 12.1 Å². The van der Waals surface area contributed by atoms with Crippen molar-refractivity contribution in [3.8, 4) is 0 Å². The van der Waals surface area contributed by atoms with Crippen LogP contribution in [0.1, 0.15) is 26.7 Å². The molecular weight excluding hydrogens is 214 g/mol. The molecule has 0 saturated heterocycles. The van der Waals surface area contributed by atoms with E-state index in [2.05, 4.69) is 4.72 Å². The molecule has 1 rings (SSSR count). The highest BCUT2D eigenvalue weighted by Gasteiger charge is 2.34. The molecule has 0 aromatic rings. The molecule has 5 nitrogen and oxygen atoms in total. The van der Waals surface area contributed by atoms with E-state index < -0.39 is 10.2 Å². The Morgan fingerprint density at radius 2 is 2.00 bits per heavy atom. The number of hydrogen-bond donors (Lipinski definition) is 2. The molecule has 0 heterocycles. The minimum absolute atomic E-state index is 0.0415. The van der Waals surface area contributed by atoms with Crippen molar-refractivity contribution in [3.63, 3.8) is 0 Å². The number of rotatable bonds is 6. The third-order valence-electron chi connectivity index (χ3n) is 2.85. The molecule has 0 radical (unpaired) electrons. The average Bonchev–Trinajstić information content (AvgIpc) is 2.96. The van der Waals surface area contributed by atoms with E-state index >= 15 is 0 Å². The second-order valence-corrected chi connectivity index (χ2v) is 6.17. The average molecular weight is 235 g/mol. The molecule has 0 amide bonds. The van der Waals surface area contributed by atoms with Gasteiger partial charge in [-0.2, -0.15) is 17.4 Å². The number of nitrogens with one attached hydrogen (secondary N) is 1. The van der Waals surface area contributed by atoms with Crippen molar-refractivity contribution in [1.82, 2.24) is 9.03 Å². The molecule has 3 N–H and O–H groups in total. The Morgan fingerprint density at radius 3 is 2.33 bits per heavy atom. The van der Waals surface area contributed by atoms with Crippen molar-refractivity contribution in [2.75, 3.05) is 13.6 Å². The summed E-state index contributed by atoms with van der Waals surface area (Å²) in [5.74, 6) is 0.435. The molecule has 1 aliphatic carbocycles. The standard InChI is InChI=1S/C9H21N3O2S/c1-7(2)12(3)15(13,14)11-9(6-10)8-4-5-8/h7-9,11H,4-6,10H2,1-3H3. The predicted octanol–water partition coefficient (Wildman–Crippen LogP) is -0.102. The van der Waals surface area contributed by atoms with Gasteiger partial charge in [-0.1, -0.05) is 0 Å². The maximum absolute atomic E-state index is 11.8. The van der Waals surface area contributed by atoms with Crippen molar-refractivity contribution in [3.05, 3.63) is 0 Å².